The summed E-state index contributed by atoms with van der Waals surface area (Å²) in [6.45, 7) is -0.792. The highest BCUT2D eigenvalue weighted by atomic mass is 79.9. The molecule has 0 unspecified atom stereocenters. The maximum atomic E-state index is 13.3. The Morgan fingerprint density at radius 1 is 1.00 bits per heavy atom. The van der Waals surface area contributed by atoms with E-state index in [9.17, 15) is 32.1 Å². The van der Waals surface area contributed by atoms with Crippen LogP contribution in [0.3, 0.4) is 0 Å². The Morgan fingerprint density at radius 2 is 1.59 bits per heavy atom. The van der Waals surface area contributed by atoms with Gasteiger partial charge in [-0.2, -0.15) is 8.42 Å². The average Bonchev–Trinajstić information content (AvgIpc) is 2.99. The van der Waals surface area contributed by atoms with Crippen LogP contribution in [0, 0.1) is 0 Å². The van der Waals surface area contributed by atoms with Crippen LogP contribution in [-0.4, -0.2) is 59.5 Å². The molecule has 0 saturated carbocycles. The molecule has 0 atom stereocenters. The third-order valence-corrected chi connectivity index (χ3v) is 6.49. The van der Waals surface area contributed by atoms with Crippen molar-refractivity contribution in [2.45, 2.75) is 4.90 Å². The molecule has 3 N–H and O–H groups in total. The quantitative estimate of drug-likeness (QED) is 0.331. The number of rotatable bonds is 5. The molecular formula is C20H13BrN2O8S. The van der Waals surface area contributed by atoms with Crippen molar-refractivity contribution in [3.8, 4) is 0 Å². The van der Waals surface area contributed by atoms with Gasteiger partial charge in [0.1, 0.15) is 10.6 Å². The number of nitrogens with zero attached hydrogens (tertiary/aromatic N) is 1. The molecule has 164 valence electrons. The van der Waals surface area contributed by atoms with Crippen LogP contribution in [0.2, 0.25) is 0 Å². The number of aliphatic hydroxyl groups excluding tert-OH is 1. The van der Waals surface area contributed by atoms with Gasteiger partial charge < -0.3 is 10.4 Å². The minimum atomic E-state index is -4.94. The van der Waals surface area contributed by atoms with Crippen molar-refractivity contribution in [1.29, 1.82) is 0 Å². The molecule has 1 heterocycles. The number of imide groups is 1. The van der Waals surface area contributed by atoms with Gasteiger partial charge in [0.2, 0.25) is 0 Å². The van der Waals surface area contributed by atoms with E-state index in [0.29, 0.717) is 4.90 Å². The van der Waals surface area contributed by atoms with Gasteiger partial charge in [0.05, 0.1) is 30.0 Å². The van der Waals surface area contributed by atoms with Crippen molar-refractivity contribution in [3.63, 3.8) is 0 Å². The minimum Gasteiger partial charge on any atom is -0.395 e. The molecule has 0 bridgehead atoms. The Morgan fingerprint density at radius 3 is 2.16 bits per heavy atom. The number of fused-ring (bicyclic) bond motifs is 2. The first-order valence-corrected chi connectivity index (χ1v) is 11.3. The fourth-order valence-electron chi connectivity index (χ4n) is 3.60. The van der Waals surface area contributed by atoms with E-state index >= 15 is 0 Å². The number of β-amino-alcohol motifs (C(OH)–C–C–N with tert-alkyl or cyclic N) is 1. The van der Waals surface area contributed by atoms with Gasteiger partial charge in [0, 0.05) is 21.7 Å². The van der Waals surface area contributed by atoms with Crippen molar-refractivity contribution in [3.05, 3.63) is 68.8 Å². The van der Waals surface area contributed by atoms with Crippen molar-refractivity contribution in [2.24, 2.45) is 0 Å². The molecule has 0 saturated heterocycles. The number of nitrogens with one attached hydrogen (secondary N) is 1. The van der Waals surface area contributed by atoms with Crippen LogP contribution in [0.25, 0.3) is 0 Å². The van der Waals surface area contributed by atoms with E-state index in [2.05, 4.69) is 21.2 Å². The largest absolute Gasteiger partial charge is 0.395 e. The predicted octanol–water partition coefficient (Wildman–Crippen LogP) is 1.13. The molecule has 1 aliphatic heterocycles. The van der Waals surface area contributed by atoms with Crippen LogP contribution in [0.15, 0.2) is 51.5 Å². The van der Waals surface area contributed by atoms with Crippen LogP contribution in [0.4, 0.5) is 5.69 Å². The maximum absolute atomic E-state index is 13.3. The fraction of sp³-hybridized carbons (Fsp3) is 0.100. The van der Waals surface area contributed by atoms with Gasteiger partial charge in [-0.1, -0.05) is 24.3 Å². The monoisotopic (exact) mass is 520 g/mol. The van der Waals surface area contributed by atoms with Crippen molar-refractivity contribution in [2.75, 3.05) is 18.5 Å². The van der Waals surface area contributed by atoms with Crippen molar-refractivity contribution in [1.82, 2.24) is 4.90 Å². The molecule has 12 heteroatoms. The first-order chi connectivity index (χ1) is 15.1. The van der Waals surface area contributed by atoms with E-state index in [0.717, 1.165) is 12.1 Å². The number of hydrogen-bond acceptors (Lipinski definition) is 8. The molecule has 2 amide bonds. The first-order valence-electron chi connectivity index (χ1n) is 9.04. The number of carbonyl (C=O) groups excluding carboxylic acids is 4. The maximum Gasteiger partial charge on any atom is 0.296 e. The Labute approximate surface area is 189 Å². The number of anilines is 1. The zero-order valence-corrected chi connectivity index (χ0v) is 18.4. The molecule has 0 aromatic heterocycles. The lowest BCUT2D eigenvalue weighted by molar-refractivity contribution is -0.137. The van der Waals surface area contributed by atoms with E-state index in [-0.39, 0.29) is 33.3 Å². The highest BCUT2D eigenvalue weighted by Crippen LogP contribution is 2.41. The van der Waals surface area contributed by atoms with Crippen LogP contribution in [-0.2, 0) is 19.7 Å². The molecule has 0 spiro atoms. The highest BCUT2D eigenvalue weighted by molar-refractivity contribution is 9.10. The van der Waals surface area contributed by atoms with Gasteiger partial charge in [-0.3, -0.25) is 28.6 Å². The van der Waals surface area contributed by atoms with E-state index < -0.39 is 56.4 Å². The van der Waals surface area contributed by atoms with Crippen molar-refractivity contribution < 1.29 is 37.3 Å². The summed E-state index contributed by atoms with van der Waals surface area (Å²) in [4.78, 5) is 50.9. The zero-order chi connectivity index (χ0) is 23.4. The Balaban J connectivity index is 1.96. The van der Waals surface area contributed by atoms with Gasteiger partial charge in [-0.25, -0.2) is 0 Å². The smallest absolute Gasteiger partial charge is 0.296 e. The second-order valence-electron chi connectivity index (χ2n) is 6.86. The third-order valence-electron chi connectivity index (χ3n) is 4.98. The van der Waals surface area contributed by atoms with E-state index in [4.69, 9.17) is 5.11 Å². The van der Waals surface area contributed by atoms with Gasteiger partial charge in [0.15, 0.2) is 11.6 Å². The standard InChI is InChI=1S/C20H13BrN2O8S/c21-11-7-13(32(29,30)31)17(22-12-8-14(25)23(5-6-24)20(12)28)16-15(11)18(26)9-3-1-2-4-10(9)19(16)27/h1-4,7-8,22,24H,5-6H2,(H,29,30,31). The van der Waals surface area contributed by atoms with Gasteiger partial charge in [-0.15, -0.1) is 0 Å². The summed E-state index contributed by atoms with van der Waals surface area (Å²) in [5.74, 6) is -2.93. The second kappa shape index (κ2) is 7.74. The van der Waals surface area contributed by atoms with Gasteiger partial charge >= 0.3 is 0 Å². The summed E-state index contributed by atoms with van der Waals surface area (Å²) in [6.07, 6.45) is 0.864. The number of carbonyl (C=O) groups is 4. The van der Waals surface area contributed by atoms with Crippen LogP contribution in [0.1, 0.15) is 31.8 Å². The minimum absolute atomic E-state index is 0.0112. The topological polar surface area (TPSA) is 158 Å². The van der Waals surface area contributed by atoms with Gasteiger partial charge in [0.25, 0.3) is 21.9 Å². The summed E-state index contributed by atoms with van der Waals surface area (Å²) in [5.41, 5.74) is -1.33. The summed E-state index contributed by atoms with van der Waals surface area (Å²) >= 11 is 3.10. The molecule has 0 fully saturated rings. The SMILES string of the molecule is O=C1c2ccccc2C(=O)c2c(NC3=CC(=O)N(CCO)C3=O)c(S(=O)(=O)O)cc(Br)c21. The first kappa shape index (κ1) is 22.0. The molecular weight excluding hydrogens is 508 g/mol. The van der Waals surface area contributed by atoms with Gasteiger partial charge in [-0.05, 0) is 22.0 Å². The Kier molecular flexibility index (Phi) is 5.33. The lowest BCUT2D eigenvalue weighted by Gasteiger charge is -2.24. The molecule has 4 rings (SSSR count). The molecule has 2 aromatic carbocycles. The average molecular weight is 521 g/mol. The number of amides is 2. The van der Waals surface area contributed by atoms with Crippen LogP contribution >= 0.6 is 15.9 Å². The second-order valence-corrected chi connectivity index (χ2v) is 9.11. The molecule has 32 heavy (non-hydrogen) atoms. The Hall–Kier alpha value is -3.19. The number of benzene rings is 2. The lowest BCUT2D eigenvalue weighted by Crippen LogP contribution is -2.34. The number of hydrogen-bond donors (Lipinski definition) is 3. The van der Waals surface area contributed by atoms with E-state index in [1.165, 1.54) is 18.2 Å². The highest BCUT2D eigenvalue weighted by Gasteiger charge is 2.38. The lowest BCUT2D eigenvalue weighted by atomic mass is 9.83. The number of ketones is 2. The van der Waals surface area contributed by atoms with E-state index in [1.54, 1.807) is 6.07 Å². The molecule has 2 aliphatic rings. The van der Waals surface area contributed by atoms with Crippen LogP contribution in [0.5, 0.6) is 0 Å². The molecule has 0 radical (unpaired) electrons. The van der Waals surface area contributed by atoms with E-state index in [1.807, 2.05) is 0 Å². The third kappa shape index (κ3) is 3.37. The molecule has 2 aromatic rings. The molecule has 10 nitrogen and oxygen atoms in total. The fourth-order valence-corrected chi connectivity index (χ4v) is 5.03. The number of aliphatic hydroxyl groups is 1. The summed E-state index contributed by atoms with van der Waals surface area (Å²) < 4.78 is 33.9. The van der Waals surface area contributed by atoms with Crippen molar-refractivity contribution >= 4 is 55.1 Å². The Bertz CT molecular complexity index is 1380. The molecule has 1 aliphatic carbocycles. The zero-order valence-electron chi connectivity index (χ0n) is 16.0. The summed E-state index contributed by atoms with van der Waals surface area (Å²) in [7, 11) is -4.94. The predicted molar refractivity (Wildman–Crippen MR) is 113 cm³/mol. The summed E-state index contributed by atoms with van der Waals surface area (Å²) in [6, 6.07) is 6.87. The normalized spacial score (nSPS) is 15.6. The number of halogens is 1. The summed E-state index contributed by atoms with van der Waals surface area (Å²) in [5, 5.41) is 11.5. The van der Waals surface area contributed by atoms with Crippen LogP contribution < -0.4 is 5.32 Å².